The zero-order valence-corrected chi connectivity index (χ0v) is 11.9. The second-order valence-corrected chi connectivity index (χ2v) is 4.55. The first-order chi connectivity index (χ1) is 8.47. The molecule has 1 unspecified atom stereocenters. The fourth-order valence-corrected chi connectivity index (χ4v) is 1.64. The van der Waals surface area contributed by atoms with Gasteiger partial charge in [0.05, 0.1) is 0 Å². The summed E-state index contributed by atoms with van der Waals surface area (Å²) in [6, 6.07) is -0.944. The minimum Gasteiger partial charge on any atom is -0.480 e. The third-order valence-electron chi connectivity index (χ3n) is 3.14. The van der Waals surface area contributed by atoms with Crippen LogP contribution >= 0.6 is 0 Å². The van der Waals surface area contributed by atoms with Gasteiger partial charge in [0.15, 0.2) is 0 Å². The van der Waals surface area contributed by atoms with Crippen molar-refractivity contribution < 1.29 is 14.7 Å². The normalized spacial score (nSPS) is 13.8. The van der Waals surface area contributed by atoms with Crippen LogP contribution < -0.4 is 5.32 Å². The van der Waals surface area contributed by atoms with Gasteiger partial charge in [-0.25, -0.2) is 9.59 Å². The lowest BCUT2D eigenvalue weighted by Crippen LogP contribution is -2.50. The van der Waals surface area contributed by atoms with Gasteiger partial charge in [0.1, 0.15) is 6.04 Å². The molecule has 5 nitrogen and oxygen atoms in total. The lowest BCUT2D eigenvalue weighted by Gasteiger charge is -2.30. The molecule has 0 fully saturated rings. The van der Waals surface area contributed by atoms with Gasteiger partial charge in [0, 0.05) is 12.6 Å². The molecule has 0 radical (unpaired) electrons. The number of rotatable bonds is 8. The Morgan fingerprint density at radius 3 is 2.22 bits per heavy atom. The summed E-state index contributed by atoms with van der Waals surface area (Å²) in [5.41, 5.74) is 0. The Kier molecular flexibility index (Phi) is 8.16. The SMILES string of the molecule is CCCCN(C(=O)N[C@H](CC)C(=O)O)C(C)CC. The maximum Gasteiger partial charge on any atom is 0.326 e. The number of carboxylic acid groups (broad SMARTS) is 1. The molecule has 0 saturated carbocycles. The number of urea groups is 1. The Morgan fingerprint density at radius 2 is 1.83 bits per heavy atom. The summed E-state index contributed by atoms with van der Waals surface area (Å²) in [6.45, 7) is 8.49. The van der Waals surface area contributed by atoms with Crippen molar-refractivity contribution in [2.24, 2.45) is 0 Å². The number of amides is 2. The van der Waals surface area contributed by atoms with E-state index in [9.17, 15) is 9.59 Å². The highest BCUT2D eigenvalue weighted by atomic mass is 16.4. The van der Waals surface area contributed by atoms with Crippen LogP contribution in [0.25, 0.3) is 0 Å². The fourth-order valence-electron chi connectivity index (χ4n) is 1.64. The minimum atomic E-state index is -0.981. The molecule has 0 saturated heterocycles. The van der Waals surface area contributed by atoms with Crippen molar-refractivity contribution in [2.75, 3.05) is 6.54 Å². The molecule has 0 bridgehead atoms. The average molecular weight is 258 g/mol. The van der Waals surface area contributed by atoms with Gasteiger partial charge in [-0.2, -0.15) is 0 Å². The van der Waals surface area contributed by atoms with Gasteiger partial charge in [0.25, 0.3) is 0 Å². The van der Waals surface area contributed by atoms with Crippen molar-refractivity contribution in [3.8, 4) is 0 Å². The number of hydrogen-bond acceptors (Lipinski definition) is 2. The largest absolute Gasteiger partial charge is 0.480 e. The van der Waals surface area contributed by atoms with Crippen LogP contribution in [0.1, 0.15) is 53.4 Å². The van der Waals surface area contributed by atoms with Gasteiger partial charge in [-0.15, -0.1) is 0 Å². The molecule has 2 N–H and O–H groups in total. The first-order valence-electron chi connectivity index (χ1n) is 6.77. The molecule has 5 heteroatoms. The van der Waals surface area contributed by atoms with Gasteiger partial charge in [-0.3, -0.25) is 0 Å². The number of nitrogens with one attached hydrogen (secondary N) is 1. The molecule has 0 aromatic heterocycles. The monoisotopic (exact) mass is 258 g/mol. The molecular formula is C13H26N2O3. The van der Waals surface area contributed by atoms with Crippen LogP contribution in [0.5, 0.6) is 0 Å². The summed E-state index contributed by atoms with van der Waals surface area (Å²) < 4.78 is 0. The van der Waals surface area contributed by atoms with Crippen LogP contribution in [-0.4, -0.2) is 40.6 Å². The first kappa shape index (κ1) is 16.7. The Bertz CT molecular complexity index is 269. The zero-order chi connectivity index (χ0) is 14.1. The third kappa shape index (κ3) is 5.38. The predicted octanol–water partition coefficient (Wildman–Crippen LogP) is 2.46. The molecule has 2 amide bonds. The number of aliphatic carboxylic acids is 1. The van der Waals surface area contributed by atoms with Gasteiger partial charge < -0.3 is 15.3 Å². The van der Waals surface area contributed by atoms with Gasteiger partial charge >= 0.3 is 12.0 Å². The smallest absolute Gasteiger partial charge is 0.326 e. The van der Waals surface area contributed by atoms with Crippen LogP contribution in [0.2, 0.25) is 0 Å². The van der Waals surface area contributed by atoms with E-state index in [1.807, 2.05) is 13.8 Å². The molecule has 0 aliphatic heterocycles. The molecule has 0 aromatic carbocycles. The van der Waals surface area contributed by atoms with E-state index >= 15 is 0 Å². The minimum absolute atomic E-state index is 0.128. The van der Waals surface area contributed by atoms with E-state index in [1.54, 1.807) is 11.8 Å². The summed E-state index contributed by atoms with van der Waals surface area (Å²) in [4.78, 5) is 24.7. The highest BCUT2D eigenvalue weighted by molar-refractivity contribution is 5.82. The van der Waals surface area contributed by atoms with E-state index in [-0.39, 0.29) is 12.1 Å². The van der Waals surface area contributed by atoms with Crippen LogP contribution in [0.3, 0.4) is 0 Å². The van der Waals surface area contributed by atoms with Crippen LogP contribution in [0, 0.1) is 0 Å². The van der Waals surface area contributed by atoms with Gasteiger partial charge in [-0.05, 0) is 26.2 Å². The zero-order valence-electron chi connectivity index (χ0n) is 11.9. The average Bonchev–Trinajstić information content (AvgIpc) is 2.35. The van der Waals surface area contributed by atoms with Crippen molar-refractivity contribution in [1.29, 1.82) is 0 Å². The topological polar surface area (TPSA) is 69.6 Å². The Labute approximate surface area is 110 Å². The maximum atomic E-state index is 12.1. The molecule has 0 aliphatic carbocycles. The molecular weight excluding hydrogens is 232 g/mol. The van der Waals surface area contributed by atoms with Gasteiger partial charge in [-0.1, -0.05) is 27.2 Å². The van der Waals surface area contributed by atoms with E-state index < -0.39 is 12.0 Å². The van der Waals surface area contributed by atoms with E-state index in [1.165, 1.54) is 0 Å². The standard InChI is InChI=1S/C13H26N2O3/c1-5-8-9-15(10(4)6-2)13(18)14-11(7-3)12(16)17/h10-11H,5-9H2,1-4H3,(H,14,18)(H,16,17)/t10?,11-/m1/s1. The number of carbonyl (C=O) groups excluding carboxylic acids is 1. The van der Waals surface area contributed by atoms with Gasteiger partial charge in [0.2, 0.25) is 0 Å². The second kappa shape index (κ2) is 8.78. The number of unbranched alkanes of at least 4 members (excludes halogenated alkanes) is 1. The Morgan fingerprint density at radius 1 is 1.22 bits per heavy atom. The number of nitrogens with zero attached hydrogens (tertiary/aromatic N) is 1. The number of carbonyl (C=O) groups is 2. The molecule has 18 heavy (non-hydrogen) atoms. The fraction of sp³-hybridized carbons (Fsp3) is 0.846. The Balaban J connectivity index is 4.58. The van der Waals surface area contributed by atoms with E-state index in [4.69, 9.17) is 5.11 Å². The van der Waals surface area contributed by atoms with Crippen molar-refractivity contribution in [1.82, 2.24) is 10.2 Å². The van der Waals surface area contributed by atoms with Crippen molar-refractivity contribution in [3.05, 3.63) is 0 Å². The molecule has 0 heterocycles. The summed E-state index contributed by atoms with van der Waals surface area (Å²) in [5, 5.41) is 11.5. The van der Waals surface area contributed by atoms with E-state index in [0.717, 1.165) is 19.3 Å². The van der Waals surface area contributed by atoms with E-state index in [0.29, 0.717) is 13.0 Å². The molecule has 2 atom stereocenters. The molecule has 0 aromatic rings. The van der Waals surface area contributed by atoms with Crippen LogP contribution in [0.15, 0.2) is 0 Å². The van der Waals surface area contributed by atoms with Crippen molar-refractivity contribution >= 4 is 12.0 Å². The molecule has 0 rings (SSSR count). The highest BCUT2D eigenvalue weighted by Crippen LogP contribution is 2.07. The summed E-state index contributed by atoms with van der Waals surface area (Å²) in [5.74, 6) is -0.981. The van der Waals surface area contributed by atoms with Crippen LogP contribution in [-0.2, 0) is 4.79 Å². The second-order valence-electron chi connectivity index (χ2n) is 4.55. The van der Waals surface area contributed by atoms with E-state index in [2.05, 4.69) is 12.2 Å². The lowest BCUT2D eigenvalue weighted by atomic mass is 10.2. The van der Waals surface area contributed by atoms with Crippen LogP contribution in [0.4, 0.5) is 4.79 Å². The third-order valence-corrected chi connectivity index (χ3v) is 3.14. The molecule has 0 spiro atoms. The van der Waals surface area contributed by atoms with Crippen molar-refractivity contribution in [2.45, 2.75) is 65.5 Å². The summed E-state index contributed by atoms with van der Waals surface area (Å²) in [7, 11) is 0. The maximum absolute atomic E-state index is 12.1. The molecule has 106 valence electrons. The summed E-state index contributed by atoms with van der Waals surface area (Å²) >= 11 is 0. The molecule has 0 aliphatic rings. The van der Waals surface area contributed by atoms with Crippen molar-refractivity contribution in [3.63, 3.8) is 0 Å². The summed E-state index contributed by atoms with van der Waals surface area (Å²) in [6.07, 6.45) is 3.20. The Hall–Kier alpha value is -1.26. The number of carboxylic acids is 1. The number of hydrogen-bond donors (Lipinski definition) is 2. The lowest BCUT2D eigenvalue weighted by molar-refractivity contribution is -0.139. The first-order valence-corrected chi connectivity index (χ1v) is 6.77. The quantitative estimate of drug-likeness (QED) is 0.702. The highest BCUT2D eigenvalue weighted by Gasteiger charge is 2.23. The predicted molar refractivity (Wildman–Crippen MR) is 71.6 cm³/mol.